The molecule has 1 aromatic rings. The van der Waals surface area contributed by atoms with Crippen LogP contribution in [0.4, 0.5) is 13.2 Å². The second-order valence-electron chi connectivity index (χ2n) is 5.39. The third-order valence-corrected chi connectivity index (χ3v) is 3.44. The molecule has 0 atom stereocenters. The number of halogens is 3. The van der Waals surface area contributed by atoms with Crippen molar-refractivity contribution in [3.8, 4) is 5.75 Å². The molecule has 20 heavy (non-hydrogen) atoms. The maximum atomic E-state index is 13.2. The molecule has 0 saturated heterocycles. The Morgan fingerprint density at radius 1 is 1.40 bits per heavy atom. The maximum Gasteiger partial charge on any atom is 0.258 e. The van der Waals surface area contributed by atoms with E-state index in [0.717, 1.165) is 18.2 Å². The SMILES string of the molecule is CC(C)N(C(=O)c1cc(F)ccc1O)C1CC(F)(F)C1. The molecule has 1 fully saturated rings. The van der Waals surface area contributed by atoms with E-state index in [1.807, 2.05) is 0 Å². The van der Waals surface area contributed by atoms with Gasteiger partial charge in [0.2, 0.25) is 0 Å². The zero-order valence-corrected chi connectivity index (χ0v) is 11.2. The zero-order chi connectivity index (χ0) is 15.1. The van der Waals surface area contributed by atoms with Crippen LogP contribution in [0.15, 0.2) is 18.2 Å². The van der Waals surface area contributed by atoms with Gasteiger partial charge >= 0.3 is 0 Å². The Bertz CT molecular complexity index is 523. The molecule has 1 N–H and O–H groups in total. The van der Waals surface area contributed by atoms with Gasteiger partial charge in [0, 0.05) is 24.9 Å². The number of rotatable bonds is 3. The molecule has 0 spiro atoms. The van der Waals surface area contributed by atoms with Crippen molar-refractivity contribution in [2.45, 2.75) is 44.7 Å². The third kappa shape index (κ3) is 2.73. The summed E-state index contributed by atoms with van der Waals surface area (Å²) < 4.78 is 39.1. The van der Waals surface area contributed by atoms with Crippen LogP contribution in [0.1, 0.15) is 37.0 Å². The largest absolute Gasteiger partial charge is 0.507 e. The predicted molar refractivity (Wildman–Crippen MR) is 67.3 cm³/mol. The minimum Gasteiger partial charge on any atom is -0.507 e. The lowest BCUT2D eigenvalue weighted by molar-refractivity contribution is -0.120. The Morgan fingerprint density at radius 2 is 2.00 bits per heavy atom. The van der Waals surface area contributed by atoms with E-state index in [-0.39, 0.29) is 17.4 Å². The summed E-state index contributed by atoms with van der Waals surface area (Å²) in [4.78, 5) is 13.6. The number of hydrogen-bond acceptors (Lipinski definition) is 2. The molecule has 0 unspecified atom stereocenters. The van der Waals surface area contributed by atoms with E-state index in [9.17, 15) is 23.1 Å². The third-order valence-electron chi connectivity index (χ3n) is 3.44. The van der Waals surface area contributed by atoms with Gasteiger partial charge in [0.1, 0.15) is 11.6 Å². The Labute approximate surface area is 115 Å². The van der Waals surface area contributed by atoms with Crippen molar-refractivity contribution in [2.75, 3.05) is 0 Å². The molecule has 0 heterocycles. The van der Waals surface area contributed by atoms with Crippen LogP contribution < -0.4 is 0 Å². The van der Waals surface area contributed by atoms with Crippen molar-refractivity contribution in [2.24, 2.45) is 0 Å². The number of benzene rings is 1. The van der Waals surface area contributed by atoms with Gasteiger partial charge in [-0.05, 0) is 32.0 Å². The first-order chi connectivity index (χ1) is 9.21. The first kappa shape index (κ1) is 14.7. The van der Waals surface area contributed by atoms with Crippen LogP contribution in [-0.4, -0.2) is 33.9 Å². The molecule has 0 aromatic heterocycles. The summed E-state index contributed by atoms with van der Waals surface area (Å²) in [5.41, 5.74) is -0.200. The lowest BCUT2D eigenvalue weighted by Crippen LogP contribution is -2.55. The van der Waals surface area contributed by atoms with Gasteiger partial charge in [0.25, 0.3) is 11.8 Å². The van der Waals surface area contributed by atoms with E-state index in [0.29, 0.717) is 0 Å². The minimum absolute atomic E-state index is 0.200. The second kappa shape index (κ2) is 5.00. The Kier molecular flexibility index (Phi) is 3.67. The highest BCUT2D eigenvalue weighted by Gasteiger charge is 2.49. The van der Waals surface area contributed by atoms with E-state index >= 15 is 0 Å². The van der Waals surface area contributed by atoms with E-state index in [1.165, 1.54) is 4.90 Å². The number of amides is 1. The number of nitrogens with zero attached hydrogens (tertiary/aromatic N) is 1. The Hall–Kier alpha value is -1.72. The Morgan fingerprint density at radius 3 is 2.50 bits per heavy atom. The molecular formula is C14H16F3NO2. The van der Waals surface area contributed by atoms with Crippen molar-refractivity contribution in [1.29, 1.82) is 0 Å². The van der Waals surface area contributed by atoms with Gasteiger partial charge < -0.3 is 10.0 Å². The summed E-state index contributed by atoms with van der Waals surface area (Å²) in [5.74, 6) is -4.39. The van der Waals surface area contributed by atoms with E-state index in [1.54, 1.807) is 13.8 Å². The van der Waals surface area contributed by atoms with Crippen LogP contribution in [0.5, 0.6) is 5.75 Å². The highest BCUT2D eigenvalue weighted by Crippen LogP contribution is 2.41. The topological polar surface area (TPSA) is 40.5 Å². The molecule has 1 aromatic carbocycles. The molecule has 1 aliphatic carbocycles. The number of phenols is 1. The molecule has 110 valence electrons. The van der Waals surface area contributed by atoms with Crippen molar-refractivity contribution in [3.05, 3.63) is 29.6 Å². The lowest BCUT2D eigenvalue weighted by Gasteiger charge is -2.44. The number of phenolic OH excluding ortho intramolecular Hbond substituents is 1. The summed E-state index contributed by atoms with van der Waals surface area (Å²) in [7, 11) is 0. The molecule has 6 heteroatoms. The normalized spacial score (nSPS) is 17.9. The van der Waals surface area contributed by atoms with Crippen molar-refractivity contribution in [1.82, 2.24) is 4.90 Å². The molecular weight excluding hydrogens is 271 g/mol. The standard InChI is InChI=1S/C14H16F3NO2/c1-8(2)18(10-6-14(16,17)7-10)13(20)11-5-9(15)3-4-12(11)19/h3-5,8,10,19H,6-7H2,1-2H3. The number of alkyl halides is 2. The van der Waals surface area contributed by atoms with Gasteiger partial charge in [0.15, 0.2) is 0 Å². The lowest BCUT2D eigenvalue weighted by atomic mass is 9.85. The van der Waals surface area contributed by atoms with Crippen LogP contribution in [0.3, 0.4) is 0 Å². The summed E-state index contributed by atoms with van der Waals surface area (Å²) in [5, 5.41) is 9.65. The number of carbonyl (C=O) groups is 1. The van der Waals surface area contributed by atoms with Crippen LogP contribution in [0.25, 0.3) is 0 Å². The highest BCUT2D eigenvalue weighted by molar-refractivity contribution is 5.97. The molecule has 0 bridgehead atoms. The van der Waals surface area contributed by atoms with Crippen LogP contribution in [-0.2, 0) is 0 Å². The minimum atomic E-state index is -2.75. The van der Waals surface area contributed by atoms with E-state index in [4.69, 9.17) is 0 Å². The molecule has 1 saturated carbocycles. The predicted octanol–water partition coefficient (Wildman–Crippen LogP) is 3.18. The summed E-state index contributed by atoms with van der Waals surface area (Å²) >= 11 is 0. The van der Waals surface area contributed by atoms with Gasteiger partial charge in [-0.3, -0.25) is 4.79 Å². The molecule has 3 nitrogen and oxygen atoms in total. The van der Waals surface area contributed by atoms with Crippen molar-refractivity contribution in [3.63, 3.8) is 0 Å². The summed E-state index contributed by atoms with van der Waals surface area (Å²) in [6, 6.07) is 2.13. The second-order valence-corrected chi connectivity index (χ2v) is 5.39. The van der Waals surface area contributed by atoms with Crippen LogP contribution in [0.2, 0.25) is 0 Å². The van der Waals surface area contributed by atoms with Crippen LogP contribution >= 0.6 is 0 Å². The number of hydrogen-bond donors (Lipinski definition) is 1. The van der Waals surface area contributed by atoms with Crippen molar-refractivity contribution >= 4 is 5.91 Å². The number of aromatic hydroxyl groups is 1. The molecule has 2 rings (SSSR count). The fraction of sp³-hybridized carbons (Fsp3) is 0.500. The molecule has 1 aliphatic rings. The first-order valence-corrected chi connectivity index (χ1v) is 6.40. The highest BCUT2D eigenvalue weighted by atomic mass is 19.3. The fourth-order valence-corrected chi connectivity index (χ4v) is 2.47. The molecule has 0 aliphatic heterocycles. The average Bonchev–Trinajstić information content (AvgIpc) is 2.29. The molecule has 1 amide bonds. The smallest absolute Gasteiger partial charge is 0.258 e. The van der Waals surface area contributed by atoms with Gasteiger partial charge in [-0.2, -0.15) is 0 Å². The maximum absolute atomic E-state index is 13.2. The number of carbonyl (C=O) groups excluding carboxylic acids is 1. The van der Waals surface area contributed by atoms with Gasteiger partial charge in [-0.25, -0.2) is 13.2 Å². The quantitative estimate of drug-likeness (QED) is 0.927. The van der Waals surface area contributed by atoms with Crippen LogP contribution in [0, 0.1) is 5.82 Å². The Balaban J connectivity index is 2.26. The fourth-order valence-electron chi connectivity index (χ4n) is 2.47. The summed E-state index contributed by atoms with van der Waals surface area (Å²) in [6.45, 7) is 3.40. The summed E-state index contributed by atoms with van der Waals surface area (Å²) in [6.07, 6.45) is -0.792. The van der Waals surface area contributed by atoms with Gasteiger partial charge in [0.05, 0.1) is 5.56 Å². The first-order valence-electron chi connectivity index (χ1n) is 6.40. The monoisotopic (exact) mass is 287 g/mol. The average molecular weight is 287 g/mol. The van der Waals surface area contributed by atoms with E-state index < -0.39 is 36.5 Å². The van der Waals surface area contributed by atoms with E-state index in [2.05, 4.69) is 0 Å². The zero-order valence-electron chi connectivity index (χ0n) is 11.2. The van der Waals surface area contributed by atoms with Gasteiger partial charge in [-0.1, -0.05) is 0 Å². The molecule has 0 radical (unpaired) electrons. The van der Waals surface area contributed by atoms with Crippen molar-refractivity contribution < 1.29 is 23.1 Å². The van der Waals surface area contributed by atoms with Gasteiger partial charge in [-0.15, -0.1) is 0 Å².